The first-order valence-corrected chi connectivity index (χ1v) is 6.60. The molecule has 18 heavy (non-hydrogen) atoms. The summed E-state index contributed by atoms with van der Waals surface area (Å²) in [5, 5.41) is 0. The highest BCUT2D eigenvalue weighted by Gasteiger charge is 2.43. The number of benzene rings is 1. The van der Waals surface area contributed by atoms with Gasteiger partial charge in [-0.15, -0.1) is 0 Å². The summed E-state index contributed by atoms with van der Waals surface area (Å²) in [6, 6.07) is 4.20. The Morgan fingerprint density at radius 1 is 1.44 bits per heavy atom. The molecule has 2 atom stereocenters. The van der Waals surface area contributed by atoms with Gasteiger partial charge in [0, 0.05) is 6.07 Å². The molecule has 1 spiro atoms. The van der Waals surface area contributed by atoms with E-state index < -0.39 is 0 Å². The molecule has 1 aliphatic carbocycles. The van der Waals surface area contributed by atoms with Crippen LogP contribution in [0.3, 0.4) is 0 Å². The van der Waals surface area contributed by atoms with Gasteiger partial charge in [-0.2, -0.15) is 0 Å². The number of ether oxygens (including phenoxy) is 1. The van der Waals surface area contributed by atoms with E-state index in [-0.39, 0.29) is 17.2 Å². The standard InChI is InChI=1S/C15H17FO2/c1-10-3-2-6-15(8-10)9-13(17)12-5-4-11(16)7-14(12)18-15/h4-5,7,10H,2-3,6,8-9H2,1H3. The molecular formula is C15H17FO2. The summed E-state index contributed by atoms with van der Waals surface area (Å²) in [5.41, 5.74) is 0.149. The van der Waals surface area contributed by atoms with Crippen molar-refractivity contribution in [1.82, 2.24) is 0 Å². The van der Waals surface area contributed by atoms with E-state index in [0.29, 0.717) is 23.7 Å². The van der Waals surface area contributed by atoms with E-state index in [9.17, 15) is 9.18 Å². The van der Waals surface area contributed by atoms with Crippen molar-refractivity contribution in [2.24, 2.45) is 5.92 Å². The van der Waals surface area contributed by atoms with E-state index in [1.54, 1.807) is 0 Å². The predicted molar refractivity (Wildman–Crippen MR) is 66.3 cm³/mol. The van der Waals surface area contributed by atoms with Crippen molar-refractivity contribution in [2.75, 3.05) is 0 Å². The van der Waals surface area contributed by atoms with Gasteiger partial charge in [0.2, 0.25) is 0 Å². The van der Waals surface area contributed by atoms with Gasteiger partial charge in [0.25, 0.3) is 0 Å². The Kier molecular flexibility index (Phi) is 2.65. The number of Topliss-reactive ketones (excluding diaryl/α,β-unsaturated/α-hetero) is 1. The van der Waals surface area contributed by atoms with Crippen molar-refractivity contribution in [3.63, 3.8) is 0 Å². The third kappa shape index (κ3) is 1.92. The lowest BCUT2D eigenvalue weighted by atomic mass is 9.74. The van der Waals surface area contributed by atoms with Gasteiger partial charge in [0.1, 0.15) is 17.2 Å². The number of carbonyl (C=O) groups is 1. The van der Waals surface area contributed by atoms with Crippen LogP contribution in [0.25, 0.3) is 0 Å². The first kappa shape index (κ1) is 11.7. The molecule has 2 nitrogen and oxygen atoms in total. The summed E-state index contributed by atoms with van der Waals surface area (Å²) in [7, 11) is 0. The molecule has 1 aromatic carbocycles. The first-order chi connectivity index (χ1) is 8.58. The minimum absolute atomic E-state index is 0.0883. The Hall–Kier alpha value is -1.38. The van der Waals surface area contributed by atoms with E-state index in [4.69, 9.17) is 4.74 Å². The molecule has 1 fully saturated rings. The summed E-state index contributed by atoms with van der Waals surface area (Å²) >= 11 is 0. The maximum atomic E-state index is 13.3. The van der Waals surface area contributed by atoms with Crippen molar-refractivity contribution in [1.29, 1.82) is 0 Å². The fourth-order valence-corrected chi connectivity index (χ4v) is 3.33. The second-order valence-electron chi connectivity index (χ2n) is 5.73. The predicted octanol–water partition coefficient (Wildman–Crippen LogP) is 3.74. The smallest absolute Gasteiger partial charge is 0.170 e. The minimum atomic E-state index is -0.379. The van der Waals surface area contributed by atoms with Crippen molar-refractivity contribution in [2.45, 2.75) is 44.6 Å². The van der Waals surface area contributed by atoms with Crippen LogP contribution in [0.15, 0.2) is 18.2 Å². The third-order valence-corrected chi connectivity index (χ3v) is 4.10. The highest BCUT2D eigenvalue weighted by Crippen LogP contribution is 2.43. The van der Waals surface area contributed by atoms with Crippen molar-refractivity contribution in [3.8, 4) is 5.75 Å². The molecule has 0 aromatic heterocycles. The lowest BCUT2D eigenvalue weighted by Gasteiger charge is -2.42. The zero-order chi connectivity index (χ0) is 12.8. The summed E-state index contributed by atoms with van der Waals surface area (Å²) in [6.07, 6.45) is 4.51. The molecule has 1 aromatic rings. The van der Waals surface area contributed by atoms with E-state index >= 15 is 0 Å². The second kappa shape index (κ2) is 4.08. The van der Waals surface area contributed by atoms with Gasteiger partial charge < -0.3 is 4.74 Å². The lowest BCUT2D eigenvalue weighted by Crippen LogP contribution is -2.45. The number of halogens is 1. The Labute approximate surface area is 106 Å². The summed E-state index contributed by atoms with van der Waals surface area (Å²) in [6.45, 7) is 2.19. The number of fused-ring (bicyclic) bond motifs is 1. The Morgan fingerprint density at radius 3 is 3.06 bits per heavy atom. The molecule has 0 saturated heterocycles. The van der Waals surface area contributed by atoms with Crippen LogP contribution in [-0.4, -0.2) is 11.4 Å². The second-order valence-corrected chi connectivity index (χ2v) is 5.73. The summed E-state index contributed by atoms with van der Waals surface area (Å²) in [4.78, 5) is 12.2. The van der Waals surface area contributed by atoms with Crippen LogP contribution in [0, 0.1) is 11.7 Å². The van der Waals surface area contributed by atoms with Crippen LogP contribution < -0.4 is 4.74 Å². The monoisotopic (exact) mass is 248 g/mol. The zero-order valence-electron chi connectivity index (χ0n) is 10.5. The van der Waals surface area contributed by atoms with Crippen molar-refractivity contribution < 1.29 is 13.9 Å². The summed E-state index contributed by atoms with van der Waals surface area (Å²) < 4.78 is 19.3. The van der Waals surface area contributed by atoms with Crippen LogP contribution in [0.1, 0.15) is 49.4 Å². The molecular weight excluding hydrogens is 231 g/mol. The highest BCUT2D eigenvalue weighted by molar-refractivity contribution is 6.00. The van der Waals surface area contributed by atoms with Crippen molar-refractivity contribution in [3.05, 3.63) is 29.6 Å². The van der Waals surface area contributed by atoms with Gasteiger partial charge in [-0.05, 0) is 37.3 Å². The SMILES string of the molecule is CC1CCCC2(CC(=O)c3ccc(F)cc3O2)C1. The van der Waals surface area contributed by atoms with E-state index in [2.05, 4.69) is 6.92 Å². The molecule has 0 bridgehead atoms. The van der Waals surface area contributed by atoms with Crippen LogP contribution in [0.2, 0.25) is 0 Å². The largest absolute Gasteiger partial charge is 0.486 e. The van der Waals surface area contributed by atoms with Gasteiger partial charge in [-0.1, -0.05) is 13.3 Å². The van der Waals surface area contributed by atoms with Gasteiger partial charge >= 0.3 is 0 Å². The van der Waals surface area contributed by atoms with Gasteiger partial charge in [0.15, 0.2) is 5.78 Å². The molecule has 1 saturated carbocycles. The Morgan fingerprint density at radius 2 is 2.28 bits per heavy atom. The van der Waals surface area contributed by atoms with Gasteiger partial charge in [-0.25, -0.2) is 4.39 Å². The lowest BCUT2D eigenvalue weighted by molar-refractivity contribution is -0.00103. The molecule has 1 aliphatic heterocycles. The Bertz CT molecular complexity index is 497. The number of carbonyl (C=O) groups excluding carboxylic acids is 1. The number of hydrogen-bond acceptors (Lipinski definition) is 2. The molecule has 96 valence electrons. The maximum Gasteiger partial charge on any atom is 0.170 e. The number of rotatable bonds is 0. The zero-order valence-corrected chi connectivity index (χ0v) is 10.5. The number of ketones is 1. The van der Waals surface area contributed by atoms with E-state index in [0.717, 1.165) is 19.3 Å². The minimum Gasteiger partial charge on any atom is -0.486 e. The van der Waals surface area contributed by atoms with Crippen LogP contribution >= 0.6 is 0 Å². The average molecular weight is 248 g/mol. The topological polar surface area (TPSA) is 26.3 Å². The molecule has 3 heteroatoms. The van der Waals surface area contributed by atoms with Crippen molar-refractivity contribution >= 4 is 5.78 Å². The molecule has 0 amide bonds. The fourth-order valence-electron chi connectivity index (χ4n) is 3.33. The Balaban J connectivity index is 1.97. The average Bonchev–Trinajstić information content (AvgIpc) is 2.27. The van der Waals surface area contributed by atoms with E-state index in [1.165, 1.54) is 24.6 Å². The maximum absolute atomic E-state index is 13.3. The molecule has 3 rings (SSSR count). The molecule has 0 radical (unpaired) electrons. The van der Waals surface area contributed by atoms with Crippen LogP contribution in [0.5, 0.6) is 5.75 Å². The highest BCUT2D eigenvalue weighted by atomic mass is 19.1. The molecule has 2 unspecified atom stereocenters. The molecule has 0 N–H and O–H groups in total. The third-order valence-electron chi connectivity index (χ3n) is 4.10. The van der Waals surface area contributed by atoms with Gasteiger partial charge in [0.05, 0.1) is 12.0 Å². The fraction of sp³-hybridized carbons (Fsp3) is 0.533. The van der Waals surface area contributed by atoms with E-state index in [1.807, 2.05) is 0 Å². The first-order valence-electron chi connectivity index (χ1n) is 6.60. The molecule has 2 aliphatic rings. The normalized spacial score (nSPS) is 31.0. The summed E-state index contributed by atoms with van der Waals surface area (Å²) in [5.74, 6) is 0.745. The van der Waals surface area contributed by atoms with Gasteiger partial charge in [-0.3, -0.25) is 4.79 Å². The molecule has 1 heterocycles. The number of hydrogen-bond donors (Lipinski definition) is 0. The quantitative estimate of drug-likeness (QED) is 0.699. The van der Waals surface area contributed by atoms with Crippen LogP contribution in [-0.2, 0) is 0 Å². The van der Waals surface area contributed by atoms with Crippen LogP contribution in [0.4, 0.5) is 4.39 Å².